The molecule has 28 heavy (non-hydrogen) atoms. The van der Waals surface area contributed by atoms with E-state index in [1.165, 1.54) is 23.9 Å². The molecule has 0 N–H and O–H groups in total. The number of aryl methyl sites for hydroxylation is 1. The Labute approximate surface area is 164 Å². The van der Waals surface area contributed by atoms with Crippen molar-refractivity contribution in [1.29, 1.82) is 0 Å². The van der Waals surface area contributed by atoms with Crippen LogP contribution in [0.25, 0.3) is 0 Å². The van der Waals surface area contributed by atoms with E-state index >= 15 is 0 Å². The Bertz CT molecular complexity index is 776. The van der Waals surface area contributed by atoms with Gasteiger partial charge in [0.25, 0.3) is 5.69 Å². The highest BCUT2D eigenvalue weighted by atomic mass is 16.6. The fraction of sp³-hybridized carbons (Fsp3) is 0.450. The Morgan fingerprint density at radius 1 is 1.21 bits per heavy atom. The standard InChI is InChI=1S/C20H25N3O5/c1-2-27-19-14-16(4-3-9-22-10-12-26-13-11-22)5-7-18(19)28-20-8-6-17(15-21-20)23(24)25/h5-8,14-15H,2-4,9-13H2,1H3. The second-order valence-electron chi connectivity index (χ2n) is 6.49. The zero-order chi connectivity index (χ0) is 19.8. The fourth-order valence-electron chi connectivity index (χ4n) is 3.05. The van der Waals surface area contributed by atoms with E-state index in [2.05, 4.69) is 9.88 Å². The van der Waals surface area contributed by atoms with Crippen molar-refractivity contribution in [2.24, 2.45) is 0 Å². The SMILES string of the molecule is CCOc1cc(CCCN2CCOCC2)ccc1Oc1ccc([N+](=O)[O-])cn1. The second kappa shape index (κ2) is 10.0. The molecular formula is C20H25N3O5. The number of morpholine rings is 1. The zero-order valence-electron chi connectivity index (χ0n) is 16.0. The number of hydrogen-bond acceptors (Lipinski definition) is 7. The third-order valence-corrected chi connectivity index (χ3v) is 4.50. The summed E-state index contributed by atoms with van der Waals surface area (Å²) in [5.74, 6) is 1.47. The average molecular weight is 387 g/mol. The third kappa shape index (κ3) is 5.64. The molecule has 0 aliphatic carbocycles. The predicted octanol–water partition coefficient (Wildman–Crippen LogP) is 3.45. The van der Waals surface area contributed by atoms with Gasteiger partial charge in [-0.1, -0.05) is 6.07 Å². The van der Waals surface area contributed by atoms with E-state index in [1.54, 1.807) is 0 Å². The Balaban J connectivity index is 1.62. The van der Waals surface area contributed by atoms with Crippen molar-refractivity contribution in [3.05, 3.63) is 52.2 Å². The van der Waals surface area contributed by atoms with Gasteiger partial charge in [-0.3, -0.25) is 15.0 Å². The summed E-state index contributed by atoms with van der Waals surface area (Å²) in [5.41, 5.74) is 1.11. The van der Waals surface area contributed by atoms with Crippen molar-refractivity contribution in [3.63, 3.8) is 0 Å². The number of ether oxygens (including phenoxy) is 3. The van der Waals surface area contributed by atoms with Gasteiger partial charge in [-0.15, -0.1) is 0 Å². The van der Waals surface area contributed by atoms with E-state index in [0.717, 1.165) is 45.7 Å². The van der Waals surface area contributed by atoms with Gasteiger partial charge in [0.05, 0.1) is 24.7 Å². The van der Waals surface area contributed by atoms with Crippen molar-refractivity contribution >= 4 is 5.69 Å². The molecular weight excluding hydrogens is 362 g/mol. The lowest BCUT2D eigenvalue weighted by atomic mass is 10.1. The van der Waals surface area contributed by atoms with Gasteiger partial charge in [0.2, 0.25) is 5.88 Å². The molecule has 1 saturated heterocycles. The lowest BCUT2D eigenvalue weighted by molar-refractivity contribution is -0.385. The predicted molar refractivity (Wildman–Crippen MR) is 104 cm³/mol. The highest BCUT2D eigenvalue weighted by Gasteiger charge is 2.12. The molecule has 1 aliphatic heterocycles. The number of benzene rings is 1. The fourth-order valence-corrected chi connectivity index (χ4v) is 3.05. The van der Waals surface area contributed by atoms with Crippen LogP contribution in [-0.2, 0) is 11.2 Å². The molecule has 0 atom stereocenters. The summed E-state index contributed by atoms with van der Waals surface area (Å²) in [6.07, 6.45) is 3.19. The minimum Gasteiger partial charge on any atom is -0.490 e. The molecule has 1 aliphatic rings. The van der Waals surface area contributed by atoms with Crippen LogP contribution in [0.3, 0.4) is 0 Å². The molecule has 0 bridgehead atoms. The summed E-state index contributed by atoms with van der Waals surface area (Å²) < 4.78 is 16.9. The van der Waals surface area contributed by atoms with Crippen LogP contribution in [-0.4, -0.2) is 54.3 Å². The van der Waals surface area contributed by atoms with E-state index in [4.69, 9.17) is 14.2 Å². The smallest absolute Gasteiger partial charge is 0.287 e. The normalized spacial score (nSPS) is 14.6. The first kappa shape index (κ1) is 20.0. The summed E-state index contributed by atoms with van der Waals surface area (Å²) in [6, 6.07) is 8.71. The van der Waals surface area contributed by atoms with Gasteiger partial charge in [-0.05, 0) is 44.0 Å². The van der Waals surface area contributed by atoms with Crippen molar-refractivity contribution < 1.29 is 19.1 Å². The topological polar surface area (TPSA) is 87.0 Å². The Morgan fingerprint density at radius 3 is 2.71 bits per heavy atom. The van der Waals surface area contributed by atoms with Gasteiger partial charge in [0.15, 0.2) is 11.5 Å². The molecule has 2 heterocycles. The summed E-state index contributed by atoms with van der Waals surface area (Å²) >= 11 is 0. The first-order chi connectivity index (χ1) is 13.7. The molecule has 0 spiro atoms. The molecule has 8 heteroatoms. The minimum absolute atomic E-state index is 0.0759. The quantitative estimate of drug-likeness (QED) is 0.481. The van der Waals surface area contributed by atoms with E-state index in [0.29, 0.717) is 18.1 Å². The maximum Gasteiger partial charge on any atom is 0.287 e. The summed E-state index contributed by atoms with van der Waals surface area (Å²) in [5, 5.41) is 10.7. The van der Waals surface area contributed by atoms with Crippen LogP contribution in [0.15, 0.2) is 36.5 Å². The molecule has 0 radical (unpaired) electrons. The maximum atomic E-state index is 10.7. The van der Waals surface area contributed by atoms with Crippen molar-refractivity contribution in [2.45, 2.75) is 19.8 Å². The summed E-state index contributed by atoms with van der Waals surface area (Å²) in [4.78, 5) is 16.6. The summed E-state index contributed by atoms with van der Waals surface area (Å²) in [6.45, 7) is 7.12. The maximum absolute atomic E-state index is 10.7. The van der Waals surface area contributed by atoms with Gasteiger partial charge < -0.3 is 14.2 Å². The Morgan fingerprint density at radius 2 is 2.04 bits per heavy atom. The van der Waals surface area contributed by atoms with E-state index in [9.17, 15) is 10.1 Å². The van der Waals surface area contributed by atoms with Crippen LogP contribution in [0.1, 0.15) is 18.9 Å². The second-order valence-corrected chi connectivity index (χ2v) is 6.49. The third-order valence-electron chi connectivity index (χ3n) is 4.50. The van der Waals surface area contributed by atoms with Crippen molar-refractivity contribution in [2.75, 3.05) is 39.5 Å². The molecule has 1 aromatic heterocycles. The van der Waals surface area contributed by atoms with Crippen LogP contribution in [0.5, 0.6) is 17.4 Å². The Hall–Kier alpha value is -2.71. The lowest BCUT2D eigenvalue weighted by Gasteiger charge is -2.26. The number of nitro groups is 1. The molecule has 2 aromatic rings. The van der Waals surface area contributed by atoms with Gasteiger partial charge in [0.1, 0.15) is 6.20 Å². The summed E-state index contributed by atoms with van der Waals surface area (Å²) in [7, 11) is 0. The van der Waals surface area contributed by atoms with Crippen LogP contribution < -0.4 is 9.47 Å². The number of nitrogens with zero attached hydrogens (tertiary/aromatic N) is 3. The molecule has 150 valence electrons. The zero-order valence-corrected chi connectivity index (χ0v) is 16.0. The van der Waals surface area contributed by atoms with Crippen LogP contribution in [0.4, 0.5) is 5.69 Å². The van der Waals surface area contributed by atoms with Gasteiger partial charge in [0, 0.05) is 25.2 Å². The van der Waals surface area contributed by atoms with E-state index in [1.807, 2.05) is 25.1 Å². The molecule has 0 amide bonds. The Kier molecular flexibility index (Phi) is 7.16. The first-order valence-electron chi connectivity index (χ1n) is 9.50. The number of hydrogen-bond donors (Lipinski definition) is 0. The molecule has 1 aromatic carbocycles. The highest BCUT2D eigenvalue weighted by molar-refractivity contribution is 5.45. The number of rotatable bonds is 9. The minimum atomic E-state index is -0.492. The molecule has 1 fully saturated rings. The van der Waals surface area contributed by atoms with Gasteiger partial charge in [-0.25, -0.2) is 4.98 Å². The molecule has 8 nitrogen and oxygen atoms in total. The van der Waals surface area contributed by atoms with Crippen molar-refractivity contribution in [1.82, 2.24) is 9.88 Å². The van der Waals surface area contributed by atoms with Crippen LogP contribution >= 0.6 is 0 Å². The monoisotopic (exact) mass is 387 g/mol. The largest absolute Gasteiger partial charge is 0.490 e. The first-order valence-corrected chi connectivity index (χ1v) is 9.50. The van der Waals surface area contributed by atoms with Crippen LogP contribution in [0.2, 0.25) is 0 Å². The number of aromatic nitrogens is 1. The average Bonchev–Trinajstić information content (AvgIpc) is 2.71. The van der Waals surface area contributed by atoms with E-state index in [-0.39, 0.29) is 11.6 Å². The molecule has 0 unspecified atom stereocenters. The number of pyridine rings is 1. The highest BCUT2D eigenvalue weighted by Crippen LogP contribution is 2.32. The molecule has 3 rings (SSSR count). The van der Waals surface area contributed by atoms with Crippen molar-refractivity contribution in [3.8, 4) is 17.4 Å². The van der Waals surface area contributed by atoms with Gasteiger partial charge >= 0.3 is 0 Å². The lowest BCUT2D eigenvalue weighted by Crippen LogP contribution is -2.36. The van der Waals surface area contributed by atoms with Crippen LogP contribution in [0, 0.1) is 10.1 Å². The molecule has 0 saturated carbocycles. The van der Waals surface area contributed by atoms with Gasteiger partial charge in [-0.2, -0.15) is 0 Å². The van der Waals surface area contributed by atoms with E-state index < -0.39 is 4.92 Å².